The molecule has 1 saturated heterocycles. The minimum absolute atomic E-state index is 0.625. The van der Waals surface area contributed by atoms with Crippen LogP contribution in [0.25, 0.3) is 0 Å². The van der Waals surface area contributed by atoms with Crippen molar-refractivity contribution in [1.29, 1.82) is 0 Å². The summed E-state index contributed by atoms with van der Waals surface area (Å²) in [6.45, 7) is 7.08. The number of nitrogen functional groups attached to an aromatic ring is 1. The van der Waals surface area contributed by atoms with Gasteiger partial charge in [0.1, 0.15) is 5.75 Å². The highest BCUT2D eigenvalue weighted by Gasteiger charge is 2.20. The standard InChI is InChI=1S/C14H22N2OS/c1-3-17-14-5-4-13(15)8-12(14)9-16-6-7-18-10-11(16)2/h4-5,8,11H,3,6-7,9-10,15H2,1-2H3. The molecule has 1 heterocycles. The van der Waals surface area contributed by atoms with Crippen molar-refractivity contribution in [1.82, 2.24) is 4.90 Å². The van der Waals surface area contributed by atoms with Gasteiger partial charge in [-0.05, 0) is 32.0 Å². The van der Waals surface area contributed by atoms with Crippen LogP contribution >= 0.6 is 11.8 Å². The van der Waals surface area contributed by atoms with Crippen LogP contribution in [0.2, 0.25) is 0 Å². The molecule has 0 radical (unpaired) electrons. The first-order valence-corrected chi connectivity index (χ1v) is 7.69. The van der Waals surface area contributed by atoms with E-state index in [-0.39, 0.29) is 0 Å². The van der Waals surface area contributed by atoms with Crippen LogP contribution in [0, 0.1) is 0 Å². The zero-order valence-electron chi connectivity index (χ0n) is 11.2. The number of ether oxygens (including phenoxy) is 1. The van der Waals surface area contributed by atoms with E-state index < -0.39 is 0 Å². The van der Waals surface area contributed by atoms with Crippen molar-refractivity contribution in [3.8, 4) is 5.75 Å². The Morgan fingerprint density at radius 2 is 2.33 bits per heavy atom. The minimum atomic E-state index is 0.625. The van der Waals surface area contributed by atoms with E-state index in [1.54, 1.807) is 0 Å². The molecule has 1 atom stereocenters. The average Bonchev–Trinajstić information content (AvgIpc) is 2.36. The smallest absolute Gasteiger partial charge is 0.123 e. The quantitative estimate of drug-likeness (QED) is 0.850. The van der Waals surface area contributed by atoms with E-state index in [9.17, 15) is 0 Å². The molecular formula is C14H22N2OS. The monoisotopic (exact) mass is 266 g/mol. The van der Waals surface area contributed by atoms with E-state index in [1.165, 1.54) is 17.1 Å². The Kier molecular flexibility index (Phi) is 4.78. The Bertz CT molecular complexity index is 397. The summed E-state index contributed by atoms with van der Waals surface area (Å²) in [6.07, 6.45) is 0. The van der Waals surface area contributed by atoms with Crippen molar-refractivity contribution >= 4 is 17.4 Å². The van der Waals surface area contributed by atoms with Crippen LogP contribution in [-0.4, -0.2) is 35.6 Å². The molecule has 0 aromatic heterocycles. The minimum Gasteiger partial charge on any atom is -0.494 e. The number of hydrogen-bond acceptors (Lipinski definition) is 4. The number of nitrogens with two attached hydrogens (primary N) is 1. The molecule has 2 N–H and O–H groups in total. The Morgan fingerprint density at radius 3 is 3.06 bits per heavy atom. The lowest BCUT2D eigenvalue weighted by atomic mass is 10.1. The third kappa shape index (κ3) is 3.33. The van der Waals surface area contributed by atoms with Gasteiger partial charge in [-0.3, -0.25) is 4.90 Å². The van der Waals surface area contributed by atoms with E-state index in [0.29, 0.717) is 12.6 Å². The second kappa shape index (κ2) is 6.34. The van der Waals surface area contributed by atoms with E-state index in [2.05, 4.69) is 11.8 Å². The summed E-state index contributed by atoms with van der Waals surface area (Å²) >= 11 is 2.04. The number of thioether (sulfide) groups is 1. The maximum Gasteiger partial charge on any atom is 0.123 e. The highest BCUT2D eigenvalue weighted by atomic mass is 32.2. The fourth-order valence-corrected chi connectivity index (χ4v) is 3.32. The Balaban J connectivity index is 2.13. The number of anilines is 1. The van der Waals surface area contributed by atoms with Gasteiger partial charge in [0.05, 0.1) is 6.61 Å². The van der Waals surface area contributed by atoms with Crippen LogP contribution in [0.3, 0.4) is 0 Å². The molecule has 1 aliphatic heterocycles. The van der Waals surface area contributed by atoms with E-state index in [1.807, 2.05) is 36.9 Å². The maximum absolute atomic E-state index is 5.89. The lowest BCUT2D eigenvalue weighted by molar-refractivity contribution is 0.219. The summed E-state index contributed by atoms with van der Waals surface area (Å²) in [5.41, 5.74) is 7.90. The molecule has 0 amide bonds. The molecule has 1 fully saturated rings. The zero-order chi connectivity index (χ0) is 13.0. The number of hydrogen-bond donors (Lipinski definition) is 1. The SMILES string of the molecule is CCOc1ccc(N)cc1CN1CCSCC1C. The Hall–Kier alpha value is -0.870. The molecule has 3 nitrogen and oxygen atoms in total. The summed E-state index contributed by atoms with van der Waals surface area (Å²) in [5, 5.41) is 0. The lowest BCUT2D eigenvalue weighted by Crippen LogP contribution is -2.39. The van der Waals surface area contributed by atoms with Crippen molar-refractivity contribution < 1.29 is 4.74 Å². The topological polar surface area (TPSA) is 38.5 Å². The number of nitrogens with zero attached hydrogens (tertiary/aromatic N) is 1. The fraction of sp³-hybridized carbons (Fsp3) is 0.571. The van der Waals surface area contributed by atoms with Gasteiger partial charge >= 0.3 is 0 Å². The number of benzene rings is 1. The highest BCUT2D eigenvalue weighted by molar-refractivity contribution is 7.99. The van der Waals surface area contributed by atoms with Crippen LogP contribution in [0.5, 0.6) is 5.75 Å². The normalized spacial score (nSPS) is 20.9. The molecule has 1 unspecified atom stereocenters. The van der Waals surface area contributed by atoms with Gasteiger partial charge in [-0.2, -0.15) is 11.8 Å². The molecule has 1 aromatic rings. The van der Waals surface area contributed by atoms with Gasteiger partial charge in [0.2, 0.25) is 0 Å². The summed E-state index contributed by atoms with van der Waals surface area (Å²) in [4.78, 5) is 2.51. The van der Waals surface area contributed by atoms with Crippen LogP contribution in [0.1, 0.15) is 19.4 Å². The molecule has 1 aromatic carbocycles. The van der Waals surface area contributed by atoms with Crippen molar-refractivity contribution in [2.75, 3.05) is 30.4 Å². The Morgan fingerprint density at radius 1 is 1.50 bits per heavy atom. The van der Waals surface area contributed by atoms with Gasteiger partial charge in [-0.25, -0.2) is 0 Å². The summed E-state index contributed by atoms with van der Waals surface area (Å²) < 4.78 is 5.68. The first-order chi connectivity index (χ1) is 8.70. The highest BCUT2D eigenvalue weighted by Crippen LogP contribution is 2.26. The van der Waals surface area contributed by atoms with Gasteiger partial charge < -0.3 is 10.5 Å². The average molecular weight is 266 g/mol. The summed E-state index contributed by atoms with van der Waals surface area (Å²) in [5.74, 6) is 3.40. The largest absolute Gasteiger partial charge is 0.494 e. The van der Waals surface area contributed by atoms with Gasteiger partial charge in [-0.1, -0.05) is 0 Å². The van der Waals surface area contributed by atoms with Gasteiger partial charge in [0.25, 0.3) is 0 Å². The van der Waals surface area contributed by atoms with Crippen molar-refractivity contribution in [2.45, 2.75) is 26.4 Å². The molecule has 100 valence electrons. The molecule has 0 spiro atoms. The summed E-state index contributed by atoms with van der Waals surface area (Å²) in [6, 6.07) is 6.56. The van der Waals surface area contributed by atoms with Crippen molar-refractivity contribution in [2.24, 2.45) is 0 Å². The lowest BCUT2D eigenvalue weighted by Gasteiger charge is -2.33. The maximum atomic E-state index is 5.89. The van der Waals surface area contributed by atoms with Gasteiger partial charge in [0, 0.05) is 41.9 Å². The second-order valence-electron chi connectivity index (χ2n) is 4.69. The third-order valence-electron chi connectivity index (χ3n) is 3.26. The molecule has 4 heteroatoms. The van der Waals surface area contributed by atoms with Crippen LogP contribution in [0.4, 0.5) is 5.69 Å². The molecular weight excluding hydrogens is 244 g/mol. The van der Waals surface area contributed by atoms with Gasteiger partial charge in [0.15, 0.2) is 0 Å². The molecule has 2 rings (SSSR count). The number of rotatable bonds is 4. The van der Waals surface area contributed by atoms with Crippen LogP contribution < -0.4 is 10.5 Å². The Labute approximate surface area is 114 Å². The predicted octanol–water partition coefficient (Wildman–Crippen LogP) is 2.60. The van der Waals surface area contributed by atoms with Crippen molar-refractivity contribution in [3.63, 3.8) is 0 Å². The summed E-state index contributed by atoms with van der Waals surface area (Å²) in [7, 11) is 0. The molecule has 18 heavy (non-hydrogen) atoms. The van der Waals surface area contributed by atoms with E-state index in [4.69, 9.17) is 10.5 Å². The third-order valence-corrected chi connectivity index (χ3v) is 4.45. The van der Waals surface area contributed by atoms with Crippen LogP contribution in [0.15, 0.2) is 18.2 Å². The van der Waals surface area contributed by atoms with Crippen molar-refractivity contribution in [3.05, 3.63) is 23.8 Å². The molecule has 1 aliphatic rings. The zero-order valence-corrected chi connectivity index (χ0v) is 12.0. The molecule has 0 saturated carbocycles. The first-order valence-electron chi connectivity index (χ1n) is 6.53. The second-order valence-corrected chi connectivity index (χ2v) is 5.84. The molecule has 0 bridgehead atoms. The van der Waals surface area contributed by atoms with E-state index >= 15 is 0 Å². The van der Waals surface area contributed by atoms with Crippen LogP contribution in [-0.2, 0) is 6.54 Å². The van der Waals surface area contributed by atoms with Gasteiger partial charge in [-0.15, -0.1) is 0 Å². The first kappa shape index (κ1) is 13.6. The molecule has 0 aliphatic carbocycles. The van der Waals surface area contributed by atoms with E-state index in [0.717, 1.165) is 24.5 Å². The predicted molar refractivity (Wildman–Crippen MR) is 79.2 cm³/mol. The fourth-order valence-electron chi connectivity index (χ4n) is 2.23.